The van der Waals surface area contributed by atoms with Crippen molar-refractivity contribution in [1.29, 1.82) is 0 Å². The first-order chi connectivity index (χ1) is 9.57. The first kappa shape index (κ1) is 14.3. The lowest BCUT2D eigenvalue weighted by Crippen LogP contribution is -2.57. The van der Waals surface area contributed by atoms with Crippen molar-refractivity contribution < 1.29 is 24.2 Å². The van der Waals surface area contributed by atoms with Crippen LogP contribution in [0.5, 0.6) is 5.88 Å². The lowest BCUT2D eigenvalue weighted by Gasteiger charge is -2.33. The second-order valence-electron chi connectivity index (χ2n) is 4.54. The van der Waals surface area contributed by atoms with E-state index < -0.39 is 17.4 Å². The SMILES string of the molecule is COc1ccc(C(=O)NC2(C(=O)O)CCOCC2)cn1. The van der Waals surface area contributed by atoms with Gasteiger partial charge >= 0.3 is 5.97 Å². The zero-order chi connectivity index (χ0) is 14.6. The molecule has 2 N–H and O–H groups in total. The van der Waals surface area contributed by atoms with Gasteiger partial charge in [-0.1, -0.05) is 0 Å². The Morgan fingerprint density at radius 1 is 1.40 bits per heavy atom. The summed E-state index contributed by atoms with van der Waals surface area (Å²) >= 11 is 0. The molecule has 7 heteroatoms. The van der Waals surface area contributed by atoms with E-state index in [1.807, 2.05) is 0 Å². The number of aliphatic carboxylic acids is 1. The molecular formula is C13H16N2O5. The zero-order valence-corrected chi connectivity index (χ0v) is 11.1. The number of ether oxygens (including phenoxy) is 2. The van der Waals surface area contributed by atoms with Gasteiger partial charge in [-0.2, -0.15) is 0 Å². The number of carbonyl (C=O) groups is 2. The van der Waals surface area contributed by atoms with Crippen LogP contribution < -0.4 is 10.1 Å². The average molecular weight is 280 g/mol. The van der Waals surface area contributed by atoms with Crippen LogP contribution in [0, 0.1) is 0 Å². The van der Waals surface area contributed by atoms with E-state index in [2.05, 4.69) is 10.3 Å². The molecule has 0 aliphatic carbocycles. The molecule has 7 nitrogen and oxygen atoms in total. The van der Waals surface area contributed by atoms with E-state index in [9.17, 15) is 14.7 Å². The Bertz CT molecular complexity index is 494. The van der Waals surface area contributed by atoms with Gasteiger partial charge in [0.2, 0.25) is 5.88 Å². The molecular weight excluding hydrogens is 264 g/mol. The van der Waals surface area contributed by atoms with Gasteiger partial charge in [0.1, 0.15) is 5.54 Å². The first-order valence-electron chi connectivity index (χ1n) is 6.21. The second-order valence-corrected chi connectivity index (χ2v) is 4.54. The van der Waals surface area contributed by atoms with Crippen LogP contribution in [-0.2, 0) is 9.53 Å². The van der Waals surface area contributed by atoms with Crippen molar-refractivity contribution in [3.8, 4) is 5.88 Å². The molecule has 0 atom stereocenters. The summed E-state index contributed by atoms with van der Waals surface area (Å²) in [5.41, 5.74) is -0.979. The fourth-order valence-corrected chi connectivity index (χ4v) is 2.04. The number of methoxy groups -OCH3 is 1. The lowest BCUT2D eigenvalue weighted by atomic mass is 9.90. The smallest absolute Gasteiger partial charge is 0.329 e. The minimum absolute atomic E-state index is 0.248. The molecule has 108 valence electrons. The number of hydrogen-bond donors (Lipinski definition) is 2. The summed E-state index contributed by atoms with van der Waals surface area (Å²) in [6.45, 7) is 0.626. The summed E-state index contributed by atoms with van der Waals surface area (Å²) in [4.78, 5) is 27.5. The van der Waals surface area contributed by atoms with Gasteiger partial charge in [0.05, 0.1) is 12.7 Å². The highest BCUT2D eigenvalue weighted by atomic mass is 16.5. The van der Waals surface area contributed by atoms with Crippen molar-refractivity contribution in [1.82, 2.24) is 10.3 Å². The molecule has 0 saturated carbocycles. The van der Waals surface area contributed by atoms with Crippen LogP contribution in [0.1, 0.15) is 23.2 Å². The number of aromatic nitrogens is 1. The van der Waals surface area contributed by atoms with Gasteiger partial charge < -0.3 is 19.9 Å². The van der Waals surface area contributed by atoms with E-state index in [4.69, 9.17) is 9.47 Å². The Labute approximate surface area is 115 Å². The monoisotopic (exact) mass is 280 g/mol. The summed E-state index contributed by atoms with van der Waals surface area (Å²) in [6.07, 6.45) is 1.85. The Hall–Kier alpha value is -2.15. The molecule has 1 fully saturated rings. The van der Waals surface area contributed by atoms with E-state index in [1.54, 1.807) is 6.07 Å². The molecule has 1 saturated heterocycles. The Kier molecular flexibility index (Phi) is 4.19. The van der Waals surface area contributed by atoms with Crippen LogP contribution in [-0.4, -0.2) is 47.8 Å². The van der Waals surface area contributed by atoms with E-state index in [1.165, 1.54) is 19.4 Å². The fraction of sp³-hybridized carbons (Fsp3) is 0.462. The summed E-state index contributed by atoms with van der Waals surface area (Å²) in [7, 11) is 1.48. The molecule has 1 aromatic rings. The largest absolute Gasteiger partial charge is 0.481 e. The lowest BCUT2D eigenvalue weighted by molar-refractivity contribution is -0.148. The van der Waals surface area contributed by atoms with E-state index in [0.29, 0.717) is 19.1 Å². The molecule has 20 heavy (non-hydrogen) atoms. The van der Waals surface area contributed by atoms with Crippen LogP contribution in [0.2, 0.25) is 0 Å². The number of pyridine rings is 1. The third-order valence-electron chi connectivity index (χ3n) is 3.32. The molecule has 0 radical (unpaired) electrons. The third kappa shape index (κ3) is 2.88. The Morgan fingerprint density at radius 2 is 2.10 bits per heavy atom. The molecule has 1 aliphatic rings. The van der Waals surface area contributed by atoms with Crippen molar-refractivity contribution >= 4 is 11.9 Å². The molecule has 0 bridgehead atoms. The predicted molar refractivity (Wildman–Crippen MR) is 68.7 cm³/mol. The average Bonchev–Trinajstić information content (AvgIpc) is 2.48. The van der Waals surface area contributed by atoms with Gasteiger partial charge in [-0.25, -0.2) is 9.78 Å². The molecule has 1 aliphatic heterocycles. The highest BCUT2D eigenvalue weighted by Gasteiger charge is 2.41. The fourth-order valence-electron chi connectivity index (χ4n) is 2.04. The van der Waals surface area contributed by atoms with Crippen LogP contribution in [0.25, 0.3) is 0 Å². The number of nitrogens with zero attached hydrogens (tertiary/aromatic N) is 1. The van der Waals surface area contributed by atoms with Gasteiger partial charge in [-0.15, -0.1) is 0 Å². The third-order valence-corrected chi connectivity index (χ3v) is 3.32. The number of carbonyl (C=O) groups excluding carboxylic acids is 1. The van der Waals surface area contributed by atoms with E-state index in [0.717, 1.165) is 0 Å². The van der Waals surface area contributed by atoms with Gasteiger partial charge in [0.25, 0.3) is 5.91 Å². The summed E-state index contributed by atoms with van der Waals surface area (Å²) in [5.74, 6) is -1.12. The number of hydrogen-bond acceptors (Lipinski definition) is 5. The van der Waals surface area contributed by atoms with Crippen molar-refractivity contribution in [3.63, 3.8) is 0 Å². The molecule has 2 rings (SSSR count). The maximum atomic E-state index is 12.1. The maximum Gasteiger partial charge on any atom is 0.329 e. The van der Waals surface area contributed by atoms with Crippen molar-refractivity contribution in [2.45, 2.75) is 18.4 Å². The van der Waals surface area contributed by atoms with Crippen LogP contribution in [0.15, 0.2) is 18.3 Å². The second kappa shape index (κ2) is 5.87. The standard InChI is InChI=1S/C13H16N2O5/c1-19-10-3-2-9(8-14-10)11(16)15-13(12(17)18)4-6-20-7-5-13/h2-3,8H,4-7H2,1H3,(H,15,16)(H,17,18). The maximum absolute atomic E-state index is 12.1. The Balaban J connectivity index is 2.13. The minimum atomic E-state index is -1.27. The molecule has 0 spiro atoms. The summed E-state index contributed by atoms with van der Waals surface area (Å²) in [5, 5.41) is 11.9. The number of amides is 1. The van der Waals surface area contributed by atoms with Crippen LogP contribution in [0.3, 0.4) is 0 Å². The normalized spacial score (nSPS) is 17.2. The number of carboxylic acid groups (broad SMARTS) is 1. The number of carboxylic acids is 1. The highest BCUT2D eigenvalue weighted by Crippen LogP contribution is 2.22. The quantitative estimate of drug-likeness (QED) is 0.831. The first-order valence-corrected chi connectivity index (χ1v) is 6.21. The van der Waals surface area contributed by atoms with Crippen molar-refractivity contribution in [3.05, 3.63) is 23.9 Å². The predicted octanol–water partition coefficient (Wildman–Crippen LogP) is 0.454. The summed E-state index contributed by atoms with van der Waals surface area (Å²) in [6, 6.07) is 3.09. The van der Waals surface area contributed by atoms with E-state index >= 15 is 0 Å². The Morgan fingerprint density at radius 3 is 2.60 bits per heavy atom. The van der Waals surface area contributed by atoms with Crippen LogP contribution in [0.4, 0.5) is 0 Å². The molecule has 1 aromatic heterocycles. The van der Waals surface area contributed by atoms with Gasteiger partial charge in [0, 0.05) is 38.3 Å². The zero-order valence-electron chi connectivity index (χ0n) is 11.1. The molecule has 2 heterocycles. The van der Waals surface area contributed by atoms with Gasteiger partial charge in [-0.05, 0) is 6.07 Å². The van der Waals surface area contributed by atoms with Crippen molar-refractivity contribution in [2.24, 2.45) is 0 Å². The van der Waals surface area contributed by atoms with Gasteiger partial charge in [0.15, 0.2) is 0 Å². The molecule has 0 unspecified atom stereocenters. The van der Waals surface area contributed by atoms with Gasteiger partial charge in [-0.3, -0.25) is 4.79 Å². The minimum Gasteiger partial charge on any atom is -0.481 e. The molecule has 1 amide bonds. The molecule has 0 aromatic carbocycles. The van der Waals surface area contributed by atoms with Crippen LogP contribution >= 0.6 is 0 Å². The highest BCUT2D eigenvalue weighted by molar-refractivity contribution is 5.97. The number of nitrogens with one attached hydrogen (secondary N) is 1. The van der Waals surface area contributed by atoms with E-state index in [-0.39, 0.29) is 18.4 Å². The topological polar surface area (TPSA) is 97.8 Å². The van der Waals surface area contributed by atoms with Crippen molar-refractivity contribution in [2.75, 3.05) is 20.3 Å². The summed E-state index contributed by atoms with van der Waals surface area (Å²) < 4.78 is 10.1. The number of rotatable bonds is 4.